The van der Waals surface area contributed by atoms with Gasteiger partial charge in [0.15, 0.2) is 11.4 Å². The number of aliphatic carboxylic acids is 1. The molecule has 47 heavy (non-hydrogen) atoms. The number of benzene rings is 3. The normalized spacial score (nSPS) is 11.5. The topological polar surface area (TPSA) is 112 Å². The number of carboxylic acids is 1. The highest BCUT2D eigenvalue weighted by Gasteiger charge is 2.32. The van der Waals surface area contributed by atoms with E-state index in [0.29, 0.717) is 41.8 Å². The number of ketones is 1. The molecule has 0 saturated heterocycles. The molecule has 4 aromatic rings. The minimum Gasteiger partial charge on any atom is -0.481 e. The van der Waals surface area contributed by atoms with Gasteiger partial charge < -0.3 is 19.1 Å². The minimum absolute atomic E-state index is 0.0224. The molecule has 0 spiro atoms. The van der Waals surface area contributed by atoms with Crippen molar-refractivity contribution in [3.05, 3.63) is 134 Å². The Morgan fingerprint density at radius 1 is 0.894 bits per heavy atom. The van der Waals surface area contributed by atoms with Crippen molar-refractivity contribution in [2.75, 3.05) is 0 Å². The molecular weight excluding hydrogens is 594 g/mol. The molecular formula is C39H41NO7. The molecule has 0 aliphatic carbocycles. The summed E-state index contributed by atoms with van der Waals surface area (Å²) in [5.74, 6) is -1.09. The van der Waals surface area contributed by atoms with E-state index in [1.54, 1.807) is 68.7 Å². The largest absolute Gasteiger partial charge is 0.481 e. The summed E-state index contributed by atoms with van der Waals surface area (Å²) in [5, 5.41) is 9.17. The van der Waals surface area contributed by atoms with Gasteiger partial charge in [-0.2, -0.15) is 0 Å². The molecule has 0 saturated carbocycles. The number of carboxylic acid groups (broad SMARTS) is 1. The summed E-state index contributed by atoms with van der Waals surface area (Å²) < 4.78 is 12.8. The third-order valence-electron chi connectivity index (χ3n) is 7.57. The predicted molar refractivity (Wildman–Crippen MR) is 183 cm³/mol. The van der Waals surface area contributed by atoms with Crippen LogP contribution in [0.25, 0.3) is 12.2 Å². The molecule has 1 N–H and O–H groups in total. The van der Waals surface area contributed by atoms with Gasteiger partial charge in [-0.25, -0.2) is 4.79 Å². The van der Waals surface area contributed by atoms with Crippen LogP contribution >= 0.6 is 0 Å². The summed E-state index contributed by atoms with van der Waals surface area (Å²) in [4.78, 5) is 50.3. The monoisotopic (exact) mass is 635 g/mol. The van der Waals surface area contributed by atoms with Crippen LogP contribution < -0.4 is 10.3 Å². The summed E-state index contributed by atoms with van der Waals surface area (Å²) in [6, 6.07) is 23.5. The maximum absolute atomic E-state index is 13.6. The molecule has 0 amide bonds. The number of aryl methyl sites for hydroxylation is 1. The molecule has 1 heterocycles. The fraction of sp³-hybridized carbons (Fsp3) is 0.282. The van der Waals surface area contributed by atoms with Crippen LogP contribution in [0.3, 0.4) is 0 Å². The molecule has 0 radical (unpaired) electrons. The van der Waals surface area contributed by atoms with Crippen LogP contribution in [-0.2, 0) is 27.3 Å². The average Bonchev–Trinajstić information content (AvgIpc) is 3.03. The van der Waals surface area contributed by atoms with Gasteiger partial charge in [0, 0.05) is 29.3 Å². The van der Waals surface area contributed by atoms with Crippen LogP contribution in [0, 0.1) is 6.92 Å². The van der Waals surface area contributed by atoms with E-state index in [9.17, 15) is 24.3 Å². The number of hydrogen-bond donors (Lipinski definition) is 1. The number of aromatic nitrogens is 1. The number of hydrogen-bond acceptors (Lipinski definition) is 6. The summed E-state index contributed by atoms with van der Waals surface area (Å²) in [6.07, 6.45) is 6.03. The van der Waals surface area contributed by atoms with Gasteiger partial charge in [0.25, 0.3) is 5.56 Å². The number of pyridine rings is 1. The molecule has 0 unspecified atom stereocenters. The second-order valence-corrected chi connectivity index (χ2v) is 12.2. The van der Waals surface area contributed by atoms with Crippen molar-refractivity contribution in [3.8, 4) is 5.75 Å². The van der Waals surface area contributed by atoms with Crippen molar-refractivity contribution in [3.63, 3.8) is 0 Å². The van der Waals surface area contributed by atoms with Crippen LogP contribution in [0.1, 0.15) is 84.3 Å². The van der Waals surface area contributed by atoms with Crippen LogP contribution in [0.15, 0.2) is 89.9 Å². The molecule has 1 aromatic heterocycles. The van der Waals surface area contributed by atoms with Crippen LogP contribution in [0.2, 0.25) is 0 Å². The van der Waals surface area contributed by atoms with E-state index >= 15 is 0 Å². The highest BCUT2D eigenvalue weighted by molar-refractivity contribution is 6.09. The lowest BCUT2D eigenvalue weighted by Crippen LogP contribution is -2.40. The number of carbonyl (C=O) groups excluding carboxylic acids is 2. The highest BCUT2D eigenvalue weighted by atomic mass is 16.6. The van der Waals surface area contributed by atoms with Gasteiger partial charge in [0.2, 0.25) is 0 Å². The zero-order valence-electron chi connectivity index (χ0n) is 27.5. The molecule has 244 valence electrons. The average molecular weight is 636 g/mol. The van der Waals surface area contributed by atoms with Gasteiger partial charge in [-0.3, -0.25) is 14.4 Å². The smallest absolute Gasteiger partial charge is 0.350 e. The van der Waals surface area contributed by atoms with E-state index in [2.05, 4.69) is 0 Å². The Labute approximate surface area is 275 Å². The summed E-state index contributed by atoms with van der Waals surface area (Å²) in [6.45, 7) is 9.18. The van der Waals surface area contributed by atoms with Crippen LogP contribution in [0.5, 0.6) is 5.75 Å². The van der Waals surface area contributed by atoms with E-state index in [1.807, 2.05) is 67.7 Å². The van der Waals surface area contributed by atoms with E-state index in [1.165, 1.54) is 0 Å². The SMILES string of the molecule is Cc1cn(Cc2ccccc2)c(=O)c(CCCC(=O)O)c1C=Cc1ccc(C(=O)c2ccc(OC(C)(C)C(=O)OC(C)C)cc2)cc1. The highest BCUT2D eigenvalue weighted by Crippen LogP contribution is 2.23. The Balaban J connectivity index is 1.50. The van der Waals surface area contributed by atoms with E-state index in [4.69, 9.17) is 9.47 Å². The standard InChI is InChI=1S/C39H41NO7/c1-26(2)46-38(45)39(4,5)47-32-21-19-31(20-22-32)36(43)30-17-14-28(15-18-30)16-23-33-27(3)24-40(25-29-10-7-6-8-11-29)37(44)34(33)12-9-13-35(41)42/h6-8,10-11,14-24,26H,9,12-13,25H2,1-5H3,(H,41,42). The maximum atomic E-state index is 13.6. The first-order valence-corrected chi connectivity index (χ1v) is 15.7. The molecule has 4 rings (SSSR count). The molecule has 3 aromatic carbocycles. The lowest BCUT2D eigenvalue weighted by Gasteiger charge is -2.25. The number of carbonyl (C=O) groups is 3. The fourth-order valence-electron chi connectivity index (χ4n) is 5.13. The summed E-state index contributed by atoms with van der Waals surface area (Å²) >= 11 is 0. The van der Waals surface area contributed by atoms with E-state index in [0.717, 1.165) is 22.3 Å². The lowest BCUT2D eigenvalue weighted by atomic mass is 9.98. The Bertz CT molecular complexity index is 1800. The molecule has 0 bridgehead atoms. The Hall–Kier alpha value is -5.24. The van der Waals surface area contributed by atoms with Crippen molar-refractivity contribution in [2.24, 2.45) is 0 Å². The third-order valence-corrected chi connectivity index (χ3v) is 7.57. The van der Waals surface area contributed by atoms with Gasteiger partial charge in [-0.05, 0) is 94.0 Å². The number of rotatable bonds is 14. The lowest BCUT2D eigenvalue weighted by molar-refractivity contribution is -0.163. The van der Waals surface area contributed by atoms with Crippen LogP contribution in [0.4, 0.5) is 0 Å². The second kappa shape index (κ2) is 15.4. The molecule has 8 heteroatoms. The van der Waals surface area contributed by atoms with E-state index < -0.39 is 17.5 Å². The Morgan fingerprint density at radius 3 is 2.11 bits per heavy atom. The van der Waals surface area contributed by atoms with Crippen molar-refractivity contribution in [2.45, 2.75) is 72.1 Å². The van der Waals surface area contributed by atoms with Gasteiger partial charge in [0.1, 0.15) is 5.75 Å². The van der Waals surface area contributed by atoms with Crippen molar-refractivity contribution in [1.29, 1.82) is 0 Å². The number of nitrogens with zero attached hydrogens (tertiary/aromatic N) is 1. The quantitative estimate of drug-likeness (QED) is 0.116. The minimum atomic E-state index is -1.19. The van der Waals surface area contributed by atoms with E-state index in [-0.39, 0.29) is 23.9 Å². The third kappa shape index (κ3) is 9.39. The fourth-order valence-corrected chi connectivity index (χ4v) is 5.13. The van der Waals surface area contributed by atoms with Crippen molar-refractivity contribution in [1.82, 2.24) is 4.57 Å². The second-order valence-electron chi connectivity index (χ2n) is 12.2. The van der Waals surface area contributed by atoms with Gasteiger partial charge in [0.05, 0.1) is 12.6 Å². The molecule has 0 fully saturated rings. The maximum Gasteiger partial charge on any atom is 0.350 e. The molecule has 0 aliphatic rings. The zero-order chi connectivity index (χ0) is 34.1. The first-order chi connectivity index (χ1) is 22.3. The summed E-state index contributed by atoms with van der Waals surface area (Å²) in [5.41, 5.74) is 3.75. The molecule has 0 atom stereocenters. The first-order valence-electron chi connectivity index (χ1n) is 15.7. The van der Waals surface area contributed by atoms with Gasteiger partial charge in [-0.15, -0.1) is 0 Å². The zero-order valence-corrected chi connectivity index (χ0v) is 27.5. The summed E-state index contributed by atoms with van der Waals surface area (Å²) in [7, 11) is 0. The van der Waals surface area contributed by atoms with Gasteiger partial charge in [-0.1, -0.05) is 66.7 Å². The molecule has 8 nitrogen and oxygen atoms in total. The molecule has 0 aliphatic heterocycles. The number of esters is 1. The Kier molecular flexibility index (Phi) is 11.3. The van der Waals surface area contributed by atoms with Crippen molar-refractivity contribution < 1.29 is 29.0 Å². The number of ether oxygens (including phenoxy) is 2. The Morgan fingerprint density at radius 2 is 1.51 bits per heavy atom. The van der Waals surface area contributed by atoms with Gasteiger partial charge >= 0.3 is 11.9 Å². The first kappa shape index (κ1) is 34.6. The van der Waals surface area contributed by atoms with Crippen molar-refractivity contribution >= 4 is 29.9 Å². The predicted octanol–water partition coefficient (Wildman–Crippen LogP) is 7.12. The van der Waals surface area contributed by atoms with Crippen LogP contribution in [-0.4, -0.2) is 39.1 Å².